The molecule has 4 nitrogen and oxygen atoms in total. The molecule has 1 N–H and O–H groups in total. The van der Waals surface area contributed by atoms with Crippen molar-refractivity contribution in [1.29, 1.82) is 0 Å². The van der Waals surface area contributed by atoms with Crippen molar-refractivity contribution in [3.8, 4) is 5.88 Å². The minimum absolute atomic E-state index is 0.346. The molecule has 0 aromatic carbocycles. The standard InChI is InChI=1S/C12H11BrFN3O/c1-18-11-5-2-8(7-16-11)6-15-10-4-3-9(13)12(14)17-10/h2-5,7H,6H2,1H3,(H,15,17). The molecular formula is C12H11BrFN3O. The summed E-state index contributed by atoms with van der Waals surface area (Å²) in [7, 11) is 1.56. The van der Waals surface area contributed by atoms with E-state index in [0.29, 0.717) is 22.7 Å². The number of halogens is 2. The Morgan fingerprint density at radius 3 is 2.78 bits per heavy atom. The lowest BCUT2D eigenvalue weighted by molar-refractivity contribution is 0.397. The third-order valence-electron chi connectivity index (χ3n) is 2.28. The van der Waals surface area contributed by atoms with Crippen molar-refractivity contribution in [2.45, 2.75) is 6.54 Å². The molecule has 0 spiro atoms. The Bertz CT molecular complexity index is 533. The number of hydrogen-bond acceptors (Lipinski definition) is 4. The molecule has 0 aliphatic heterocycles. The highest BCUT2D eigenvalue weighted by atomic mass is 79.9. The Hall–Kier alpha value is -1.69. The van der Waals surface area contributed by atoms with Gasteiger partial charge in [0.15, 0.2) is 0 Å². The van der Waals surface area contributed by atoms with Crippen LogP contribution in [0.25, 0.3) is 0 Å². The number of ether oxygens (including phenoxy) is 1. The molecule has 0 amide bonds. The van der Waals surface area contributed by atoms with E-state index < -0.39 is 5.95 Å². The van der Waals surface area contributed by atoms with Gasteiger partial charge in [-0.1, -0.05) is 6.07 Å². The van der Waals surface area contributed by atoms with Gasteiger partial charge in [0.05, 0.1) is 11.6 Å². The molecule has 2 aromatic heterocycles. The van der Waals surface area contributed by atoms with E-state index in [4.69, 9.17) is 4.74 Å². The van der Waals surface area contributed by atoms with Crippen LogP contribution in [0.1, 0.15) is 5.56 Å². The first-order valence-corrected chi connectivity index (χ1v) is 6.03. The predicted molar refractivity (Wildman–Crippen MR) is 70.0 cm³/mol. The Morgan fingerprint density at radius 1 is 1.33 bits per heavy atom. The van der Waals surface area contributed by atoms with E-state index in [1.54, 1.807) is 31.5 Å². The molecule has 0 radical (unpaired) electrons. The highest BCUT2D eigenvalue weighted by Crippen LogP contribution is 2.16. The maximum absolute atomic E-state index is 13.2. The molecule has 0 saturated carbocycles. The average molecular weight is 312 g/mol. The fourth-order valence-electron chi connectivity index (χ4n) is 1.34. The summed E-state index contributed by atoms with van der Waals surface area (Å²) in [5, 5.41) is 3.01. The molecule has 6 heteroatoms. The third-order valence-corrected chi connectivity index (χ3v) is 2.88. The van der Waals surface area contributed by atoms with Crippen molar-refractivity contribution in [2.75, 3.05) is 12.4 Å². The van der Waals surface area contributed by atoms with Gasteiger partial charge in [-0.25, -0.2) is 9.97 Å². The molecule has 2 aromatic rings. The molecule has 0 fully saturated rings. The fraction of sp³-hybridized carbons (Fsp3) is 0.167. The fourth-order valence-corrected chi connectivity index (χ4v) is 1.57. The SMILES string of the molecule is COc1ccc(CNc2ccc(Br)c(F)n2)cn1. The summed E-state index contributed by atoms with van der Waals surface area (Å²) in [6.45, 7) is 0.519. The van der Waals surface area contributed by atoms with Crippen molar-refractivity contribution >= 4 is 21.7 Å². The van der Waals surface area contributed by atoms with Crippen LogP contribution in [-0.4, -0.2) is 17.1 Å². The molecule has 0 aliphatic rings. The first-order valence-electron chi connectivity index (χ1n) is 5.24. The number of methoxy groups -OCH3 is 1. The van der Waals surface area contributed by atoms with Gasteiger partial charge in [-0.3, -0.25) is 0 Å². The minimum atomic E-state index is -0.534. The van der Waals surface area contributed by atoms with Crippen LogP contribution in [-0.2, 0) is 6.54 Å². The number of rotatable bonds is 4. The van der Waals surface area contributed by atoms with Gasteiger partial charge < -0.3 is 10.1 Å². The van der Waals surface area contributed by atoms with Crippen molar-refractivity contribution in [2.24, 2.45) is 0 Å². The summed E-state index contributed by atoms with van der Waals surface area (Å²) in [6, 6.07) is 6.96. The van der Waals surface area contributed by atoms with E-state index in [1.165, 1.54) is 0 Å². The predicted octanol–water partition coefficient (Wildman–Crippen LogP) is 3.00. The summed E-state index contributed by atoms with van der Waals surface area (Å²) in [6.07, 6.45) is 1.70. The Morgan fingerprint density at radius 2 is 2.17 bits per heavy atom. The smallest absolute Gasteiger partial charge is 0.229 e. The number of nitrogens with zero attached hydrogens (tertiary/aromatic N) is 2. The second kappa shape index (κ2) is 5.77. The lowest BCUT2D eigenvalue weighted by atomic mass is 10.3. The summed E-state index contributed by atoms with van der Waals surface area (Å²) >= 11 is 3.05. The topological polar surface area (TPSA) is 47.0 Å². The van der Waals surface area contributed by atoms with E-state index in [2.05, 4.69) is 31.2 Å². The Balaban J connectivity index is 1.99. The molecule has 0 bridgehead atoms. The first-order chi connectivity index (χ1) is 8.69. The van der Waals surface area contributed by atoms with Crippen molar-refractivity contribution in [1.82, 2.24) is 9.97 Å². The molecular weight excluding hydrogens is 301 g/mol. The van der Waals surface area contributed by atoms with Gasteiger partial charge in [0.2, 0.25) is 11.8 Å². The van der Waals surface area contributed by atoms with E-state index in [9.17, 15) is 4.39 Å². The van der Waals surface area contributed by atoms with E-state index in [0.717, 1.165) is 5.56 Å². The average Bonchev–Trinajstić information content (AvgIpc) is 2.41. The Labute approximate surface area is 112 Å². The van der Waals surface area contributed by atoms with Crippen molar-refractivity contribution in [3.63, 3.8) is 0 Å². The van der Waals surface area contributed by atoms with Crippen molar-refractivity contribution in [3.05, 3.63) is 46.4 Å². The summed E-state index contributed by atoms with van der Waals surface area (Å²) < 4.78 is 18.5. The number of nitrogens with one attached hydrogen (secondary N) is 1. The molecule has 2 rings (SSSR count). The summed E-state index contributed by atoms with van der Waals surface area (Å²) in [5.41, 5.74) is 0.959. The van der Waals surface area contributed by atoms with E-state index in [1.807, 2.05) is 6.07 Å². The minimum Gasteiger partial charge on any atom is -0.481 e. The monoisotopic (exact) mass is 311 g/mol. The van der Waals surface area contributed by atoms with Gasteiger partial charge in [-0.15, -0.1) is 0 Å². The highest BCUT2D eigenvalue weighted by Gasteiger charge is 2.02. The van der Waals surface area contributed by atoms with Crippen LogP contribution in [0.3, 0.4) is 0 Å². The van der Waals surface area contributed by atoms with E-state index >= 15 is 0 Å². The zero-order valence-corrected chi connectivity index (χ0v) is 11.2. The van der Waals surface area contributed by atoms with Gasteiger partial charge in [-0.05, 0) is 33.6 Å². The molecule has 0 unspecified atom stereocenters. The molecule has 18 heavy (non-hydrogen) atoms. The van der Waals surface area contributed by atoms with Crippen LogP contribution in [0.4, 0.5) is 10.2 Å². The molecule has 0 aliphatic carbocycles. The first kappa shape index (κ1) is 12.8. The molecule has 94 valence electrons. The van der Waals surface area contributed by atoms with Gasteiger partial charge in [0.25, 0.3) is 0 Å². The largest absolute Gasteiger partial charge is 0.481 e. The maximum atomic E-state index is 13.2. The van der Waals surface area contributed by atoms with Crippen LogP contribution in [0.15, 0.2) is 34.9 Å². The number of aromatic nitrogens is 2. The second-order valence-electron chi connectivity index (χ2n) is 3.53. The maximum Gasteiger partial charge on any atom is 0.229 e. The number of anilines is 1. The van der Waals surface area contributed by atoms with Gasteiger partial charge in [-0.2, -0.15) is 4.39 Å². The zero-order chi connectivity index (χ0) is 13.0. The van der Waals surface area contributed by atoms with Gasteiger partial charge in [0, 0.05) is 18.8 Å². The van der Waals surface area contributed by atoms with Crippen LogP contribution < -0.4 is 10.1 Å². The van der Waals surface area contributed by atoms with Crippen LogP contribution in [0.2, 0.25) is 0 Å². The number of pyridine rings is 2. The lowest BCUT2D eigenvalue weighted by Gasteiger charge is -2.06. The van der Waals surface area contributed by atoms with E-state index in [-0.39, 0.29) is 0 Å². The summed E-state index contributed by atoms with van der Waals surface area (Å²) in [4.78, 5) is 7.83. The summed E-state index contributed by atoms with van der Waals surface area (Å²) in [5.74, 6) is 0.505. The third kappa shape index (κ3) is 3.16. The molecule has 0 saturated heterocycles. The second-order valence-corrected chi connectivity index (χ2v) is 4.39. The Kier molecular flexibility index (Phi) is 4.09. The van der Waals surface area contributed by atoms with Gasteiger partial charge >= 0.3 is 0 Å². The lowest BCUT2D eigenvalue weighted by Crippen LogP contribution is -2.03. The highest BCUT2D eigenvalue weighted by molar-refractivity contribution is 9.10. The zero-order valence-electron chi connectivity index (χ0n) is 9.65. The molecule has 0 atom stereocenters. The van der Waals surface area contributed by atoms with Crippen LogP contribution in [0, 0.1) is 5.95 Å². The quantitative estimate of drug-likeness (QED) is 0.882. The molecule has 2 heterocycles. The van der Waals surface area contributed by atoms with Gasteiger partial charge in [0.1, 0.15) is 5.82 Å². The van der Waals surface area contributed by atoms with Crippen molar-refractivity contribution < 1.29 is 9.13 Å². The van der Waals surface area contributed by atoms with Crippen LogP contribution >= 0.6 is 15.9 Å². The normalized spacial score (nSPS) is 10.2. The number of hydrogen-bond donors (Lipinski definition) is 1. The van der Waals surface area contributed by atoms with Crippen LogP contribution in [0.5, 0.6) is 5.88 Å².